The van der Waals surface area contributed by atoms with E-state index in [0.29, 0.717) is 22.6 Å². The number of nitrogens with one attached hydrogen (secondary N) is 1. The van der Waals surface area contributed by atoms with E-state index in [4.69, 9.17) is 15.6 Å². The molecule has 0 atom stereocenters. The van der Waals surface area contributed by atoms with Gasteiger partial charge in [-0.1, -0.05) is 18.1 Å². The van der Waals surface area contributed by atoms with Crippen molar-refractivity contribution in [3.8, 4) is 40.7 Å². The minimum absolute atomic E-state index is 0.0710. The molecule has 1 saturated carbocycles. The minimum Gasteiger partial charge on any atom is -0.507 e. The fourth-order valence-electron chi connectivity index (χ4n) is 4.32. The van der Waals surface area contributed by atoms with Crippen molar-refractivity contribution in [2.24, 2.45) is 0 Å². The van der Waals surface area contributed by atoms with E-state index in [1.54, 1.807) is 31.6 Å². The maximum Gasteiger partial charge on any atom is 0.156 e. The molecule has 1 aliphatic rings. The fraction of sp³-hybridized carbons (Fsp3) is 0.231. The standard InChI is InChI=1S/C26H23N3O3/c1-4-16-7-9-20(22(30)12-16)24-19-10-8-17(23-6-5-11-32-23)13-21(19)25(29-28-24)27-18-14-26(2,15-18)31-3/h1,5-13,18,30H,14-15H2,2-3H3,(H,27,29). The second-order valence-corrected chi connectivity index (χ2v) is 8.41. The Balaban J connectivity index is 1.62. The zero-order valence-corrected chi connectivity index (χ0v) is 17.9. The molecule has 6 heteroatoms. The number of methoxy groups -OCH3 is 1. The van der Waals surface area contributed by atoms with Gasteiger partial charge in [-0.25, -0.2) is 0 Å². The zero-order chi connectivity index (χ0) is 22.3. The van der Waals surface area contributed by atoms with Crippen LogP contribution < -0.4 is 5.32 Å². The molecule has 32 heavy (non-hydrogen) atoms. The first-order valence-electron chi connectivity index (χ1n) is 10.5. The molecule has 0 unspecified atom stereocenters. The first kappa shape index (κ1) is 20.1. The number of aromatic hydroxyl groups is 1. The zero-order valence-electron chi connectivity index (χ0n) is 17.9. The van der Waals surface area contributed by atoms with Crippen LogP contribution in [-0.2, 0) is 4.74 Å². The number of furan rings is 1. The predicted molar refractivity (Wildman–Crippen MR) is 124 cm³/mol. The first-order chi connectivity index (χ1) is 15.5. The molecule has 0 amide bonds. The van der Waals surface area contributed by atoms with E-state index in [0.717, 1.165) is 34.9 Å². The Morgan fingerprint density at radius 2 is 2.00 bits per heavy atom. The number of rotatable bonds is 5. The van der Waals surface area contributed by atoms with E-state index >= 15 is 0 Å². The first-order valence-corrected chi connectivity index (χ1v) is 10.5. The highest BCUT2D eigenvalue weighted by molar-refractivity contribution is 6.02. The van der Waals surface area contributed by atoms with Crippen molar-refractivity contribution in [2.75, 3.05) is 12.4 Å². The molecule has 4 aromatic rings. The van der Waals surface area contributed by atoms with Gasteiger partial charge in [-0.2, -0.15) is 0 Å². The van der Waals surface area contributed by atoms with E-state index in [-0.39, 0.29) is 17.4 Å². The molecular formula is C26H23N3O3. The van der Waals surface area contributed by atoms with Crippen molar-refractivity contribution in [2.45, 2.75) is 31.4 Å². The predicted octanol–water partition coefficient (Wildman–Crippen LogP) is 5.22. The Morgan fingerprint density at radius 1 is 1.16 bits per heavy atom. The molecule has 0 saturated heterocycles. The smallest absolute Gasteiger partial charge is 0.156 e. The van der Waals surface area contributed by atoms with Crippen LogP contribution in [0.2, 0.25) is 0 Å². The second-order valence-electron chi connectivity index (χ2n) is 8.41. The Bertz CT molecular complexity index is 1330. The maximum atomic E-state index is 10.6. The number of hydrogen-bond donors (Lipinski definition) is 2. The summed E-state index contributed by atoms with van der Waals surface area (Å²) in [6, 6.07) is 15.2. The number of aromatic nitrogens is 2. The topological polar surface area (TPSA) is 80.4 Å². The molecular weight excluding hydrogens is 402 g/mol. The molecule has 2 aromatic carbocycles. The van der Waals surface area contributed by atoms with E-state index < -0.39 is 0 Å². The molecule has 1 fully saturated rings. The van der Waals surface area contributed by atoms with Crippen LogP contribution >= 0.6 is 0 Å². The van der Waals surface area contributed by atoms with Gasteiger partial charge in [-0.15, -0.1) is 16.6 Å². The van der Waals surface area contributed by atoms with E-state index in [2.05, 4.69) is 28.4 Å². The SMILES string of the molecule is C#Cc1ccc(-c2nnc(NC3CC(C)(OC)C3)c3cc(-c4ccco4)ccc23)c(O)c1. The number of hydrogen-bond acceptors (Lipinski definition) is 6. The van der Waals surface area contributed by atoms with Crippen molar-refractivity contribution < 1.29 is 14.3 Å². The number of phenols is 1. The van der Waals surface area contributed by atoms with Gasteiger partial charge in [0.15, 0.2) is 5.82 Å². The number of fused-ring (bicyclic) bond motifs is 1. The summed E-state index contributed by atoms with van der Waals surface area (Å²) >= 11 is 0. The lowest BCUT2D eigenvalue weighted by Crippen LogP contribution is -2.49. The third-order valence-corrected chi connectivity index (χ3v) is 6.20. The van der Waals surface area contributed by atoms with Crippen LogP contribution in [0.15, 0.2) is 59.2 Å². The summed E-state index contributed by atoms with van der Waals surface area (Å²) in [5.74, 6) is 4.07. The van der Waals surface area contributed by atoms with Crippen LogP contribution in [0.3, 0.4) is 0 Å². The van der Waals surface area contributed by atoms with Crippen molar-refractivity contribution in [1.29, 1.82) is 0 Å². The number of ether oxygens (including phenoxy) is 1. The van der Waals surface area contributed by atoms with Crippen LogP contribution in [0.4, 0.5) is 5.82 Å². The molecule has 160 valence electrons. The van der Waals surface area contributed by atoms with Gasteiger partial charge in [0.25, 0.3) is 0 Å². The number of terminal acetylenes is 1. The van der Waals surface area contributed by atoms with Crippen molar-refractivity contribution in [3.63, 3.8) is 0 Å². The molecule has 0 bridgehead atoms. The van der Waals surface area contributed by atoms with Crippen LogP contribution in [-0.4, -0.2) is 34.1 Å². The molecule has 5 rings (SSSR count). The molecule has 2 N–H and O–H groups in total. The molecule has 2 aromatic heterocycles. The summed E-state index contributed by atoms with van der Waals surface area (Å²) in [6.07, 6.45) is 8.89. The summed E-state index contributed by atoms with van der Waals surface area (Å²) in [4.78, 5) is 0. The molecule has 0 radical (unpaired) electrons. The highest BCUT2D eigenvalue weighted by atomic mass is 16.5. The average molecular weight is 425 g/mol. The summed E-state index contributed by atoms with van der Waals surface area (Å²) in [6.45, 7) is 2.11. The van der Waals surface area contributed by atoms with Gasteiger partial charge in [-0.05, 0) is 56.2 Å². The van der Waals surface area contributed by atoms with Gasteiger partial charge in [-0.3, -0.25) is 0 Å². The van der Waals surface area contributed by atoms with Crippen LogP contribution in [0.5, 0.6) is 5.75 Å². The Hall–Kier alpha value is -3.82. The van der Waals surface area contributed by atoms with Gasteiger partial charge < -0.3 is 19.6 Å². The number of benzene rings is 2. The summed E-state index contributed by atoms with van der Waals surface area (Å²) < 4.78 is 11.2. The normalized spacial score (nSPS) is 20.0. The van der Waals surface area contributed by atoms with Crippen LogP contribution in [0.1, 0.15) is 25.3 Å². The van der Waals surface area contributed by atoms with E-state index in [9.17, 15) is 5.11 Å². The molecule has 2 heterocycles. The third kappa shape index (κ3) is 3.47. The molecule has 1 aliphatic carbocycles. The quantitative estimate of drug-likeness (QED) is 0.427. The molecule has 6 nitrogen and oxygen atoms in total. The number of anilines is 1. The molecule has 0 aliphatic heterocycles. The van der Waals surface area contributed by atoms with Crippen molar-refractivity contribution in [1.82, 2.24) is 10.2 Å². The van der Waals surface area contributed by atoms with Gasteiger partial charge in [0.05, 0.1) is 11.9 Å². The lowest BCUT2D eigenvalue weighted by atomic mass is 9.77. The van der Waals surface area contributed by atoms with Crippen LogP contribution in [0.25, 0.3) is 33.4 Å². The Labute approximate surface area is 186 Å². The van der Waals surface area contributed by atoms with E-state index in [1.165, 1.54) is 0 Å². The van der Waals surface area contributed by atoms with Gasteiger partial charge in [0.2, 0.25) is 0 Å². The summed E-state index contributed by atoms with van der Waals surface area (Å²) in [5.41, 5.74) is 2.60. The van der Waals surface area contributed by atoms with Crippen molar-refractivity contribution in [3.05, 3.63) is 60.4 Å². The lowest BCUT2D eigenvalue weighted by molar-refractivity contribution is -0.0625. The summed E-state index contributed by atoms with van der Waals surface area (Å²) in [7, 11) is 1.74. The monoisotopic (exact) mass is 425 g/mol. The van der Waals surface area contributed by atoms with E-state index in [1.807, 2.05) is 30.3 Å². The van der Waals surface area contributed by atoms with Gasteiger partial charge in [0.1, 0.15) is 17.2 Å². The number of nitrogens with zero attached hydrogens (tertiary/aromatic N) is 2. The second kappa shape index (κ2) is 7.70. The van der Waals surface area contributed by atoms with Gasteiger partial charge in [0, 0.05) is 40.6 Å². The molecule has 0 spiro atoms. The largest absolute Gasteiger partial charge is 0.507 e. The third-order valence-electron chi connectivity index (χ3n) is 6.20. The minimum atomic E-state index is -0.106. The highest BCUT2D eigenvalue weighted by Crippen LogP contribution is 2.40. The van der Waals surface area contributed by atoms with Crippen LogP contribution in [0, 0.1) is 12.3 Å². The Kier molecular flexibility index (Phi) is 4.84. The summed E-state index contributed by atoms with van der Waals surface area (Å²) in [5, 5.41) is 24.8. The lowest BCUT2D eigenvalue weighted by Gasteiger charge is -2.44. The average Bonchev–Trinajstić information content (AvgIpc) is 3.33. The Morgan fingerprint density at radius 3 is 2.69 bits per heavy atom. The fourth-order valence-corrected chi connectivity index (χ4v) is 4.32. The highest BCUT2D eigenvalue weighted by Gasteiger charge is 2.40. The maximum absolute atomic E-state index is 10.6. The number of phenolic OH excluding ortho intramolecular Hbond substituents is 1. The van der Waals surface area contributed by atoms with Crippen molar-refractivity contribution >= 4 is 16.6 Å². The van der Waals surface area contributed by atoms with Gasteiger partial charge >= 0.3 is 0 Å².